The molecular weight excluding hydrogens is 439 g/mol. The molecule has 0 atom stereocenters. The zero-order chi connectivity index (χ0) is 22.8. The average Bonchev–Trinajstić information content (AvgIpc) is 2.80. The van der Waals surface area contributed by atoms with Gasteiger partial charge in [-0.3, -0.25) is 4.79 Å². The summed E-state index contributed by atoms with van der Waals surface area (Å²) in [5.74, 6) is 1.08. The Bertz CT molecular complexity index is 998. The van der Waals surface area contributed by atoms with E-state index < -0.39 is 10.0 Å². The van der Waals surface area contributed by atoms with Crippen LogP contribution in [0.4, 0.5) is 4.39 Å². The van der Waals surface area contributed by atoms with Crippen LogP contribution in [0.3, 0.4) is 0 Å². The average molecular weight is 467 g/mol. The summed E-state index contributed by atoms with van der Waals surface area (Å²) in [6, 6.07) is 10.2. The van der Waals surface area contributed by atoms with E-state index in [9.17, 15) is 17.6 Å². The van der Waals surface area contributed by atoms with Crippen molar-refractivity contribution in [1.82, 2.24) is 10.0 Å². The Kier molecular flexibility index (Phi) is 8.69. The lowest BCUT2D eigenvalue weighted by atomic mass is 10.2. The molecule has 0 aliphatic carbocycles. The van der Waals surface area contributed by atoms with Crippen LogP contribution >= 0.6 is 0 Å². The molecule has 8 nitrogen and oxygen atoms in total. The van der Waals surface area contributed by atoms with Crippen LogP contribution in [-0.4, -0.2) is 47.2 Å². The Morgan fingerprint density at radius 3 is 2.50 bits per heavy atom. The van der Waals surface area contributed by atoms with Crippen LogP contribution < -0.4 is 24.2 Å². The first-order valence-electron chi connectivity index (χ1n) is 10.5. The van der Waals surface area contributed by atoms with Crippen molar-refractivity contribution in [2.45, 2.75) is 30.6 Å². The quantitative estimate of drug-likeness (QED) is 0.466. The molecule has 174 valence electrons. The van der Waals surface area contributed by atoms with Gasteiger partial charge in [0.05, 0.1) is 11.4 Å². The van der Waals surface area contributed by atoms with E-state index in [0.29, 0.717) is 69.3 Å². The maximum Gasteiger partial charge on any atom is 0.240 e. The van der Waals surface area contributed by atoms with Gasteiger partial charge in [-0.25, -0.2) is 17.5 Å². The van der Waals surface area contributed by atoms with Crippen LogP contribution in [-0.2, 0) is 14.8 Å². The topological polar surface area (TPSA) is 103 Å². The van der Waals surface area contributed by atoms with Crippen molar-refractivity contribution in [1.29, 1.82) is 0 Å². The molecule has 1 amide bonds. The van der Waals surface area contributed by atoms with E-state index in [1.54, 1.807) is 6.07 Å². The molecule has 10 heteroatoms. The van der Waals surface area contributed by atoms with Gasteiger partial charge in [0.25, 0.3) is 0 Å². The van der Waals surface area contributed by atoms with Gasteiger partial charge in [0, 0.05) is 19.0 Å². The lowest BCUT2D eigenvalue weighted by Gasteiger charge is -2.18. The molecule has 1 aliphatic rings. The van der Waals surface area contributed by atoms with E-state index in [0.717, 1.165) is 0 Å². The Morgan fingerprint density at radius 1 is 0.969 bits per heavy atom. The summed E-state index contributed by atoms with van der Waals surface area (Å²) >= 11 is 0. The highest BCUT2D eigenvalue weighted by Gasteiger charge is 2.18. The zero-order valence-electron chi connectivity index (χ0n) is 17.6. The fraction of sp³-hybridized carbons (Fsp3) is 0.409. The SMILES string of the molecule is O=C(CCCCCNS(=O)(=O)c1ccc2c(c1)OCCO2)NCCOc1ccc(F)cc1. The molecule has 2 aromatic rings. The summed E-state index contributed by atoms with van der Waals surface area (Å²) in [5.41, 5.74) is 0. The number of rotatable bonds is 12. The van der Waals surface area contributed by atoms with Gasteiger partial charge in [0.2, 0.25) is 15.9 Å². The maximum absolute atomic E-state index is 12.8. The van der Waals surface area contributed by atoms with E-state index >= 15 is 0 Å². The van der Waals surface area contributed by atoms with E-state index in [2.05, 4.69) is 10.0 Å². The molecule has 0 fully saturated rings. The molecule has 0 bridgehead atoms. The number of benzene rings is 2. The minimum Gasteiger partial charge on any atom is -0.492 e. The van der Waals surface area contributed by atoms with Gasteiger partial charge in [0.1, 0.15) is 31.4 Å². The number of carbonyl (C=O) groups excluding carboxylic acids is 1. The number of hydrogen-bond donors (Lipinski definition) is 2. The van der Waals surface area contributed by atoms with Gasteiger partial charge in [0.15, 0.2) is 11.5 Å². The second kappa shape index (κ2) is 11.7. The molecule has 2 N–H and O–H groups in total. The molecule has 32 heavy (non-hydrogen) atoms. The van der Waals surface area contributed by atoms with Crippen molar-refractivity contribution in [3.63, 3.8) is 0 Å². The molecule has 0 aromatic heterocycles. The number of ether oxygens (including phenoxy) is 3. The first-order valence-corrected chi connectivity index (χ1v) is 12.0. The second-order valence-electron chi connectivity index (χ2n) is 7.17. The molecule has 3 rings (SSSR count). The summed E-state index contributed by atoms with van der Waals surface area (Å²) in [6.07, 6.45) is 2.33. The van der Waals surface area contributed by atoms with Gasteiger partial charge in [-0.15, -0.1) is 0 Å². The number of halogens is 1. The summed E-state index contributed by atoms with van der Waals surface area (Å²) in [4.78, 5) is 12.0. The van der Waals surface area contributed by atoms with Gasteiger partial charge >= 0.3 is 0 Å². The number of fused-ring (bicyclic) bond motifs is 1. The molecule has 0 saturated carbocycles. The predicted octanol–water partition coefficient (Wildman–Crippen LogP) is 2.63. The lowest BCUT2D eigenvalue weighted by Crippen LogP contribution is -2.28. The Morgan fingerprint density at radius 2 is 1.72 bits per heavy atom. The van der Waals surface area contributed by atoms with Gasteiger partial charge in [-0.1, -0.05) is 6.42 Å². The summed E-state index contributed by atoms with van der Waals surface area (Å²) in [5, 5.41) is 2.75. The monoisotopic (exact) mass is 466 g/mol. The third kappa shape index (κ3) is 7.38. The van der Waals surface area contributed by atoms with E-state index in [1.165, 1.54) is 36.4 Å². The van der Waals surface area contributed by atoms with Gasteiger partial charge in [-0.05, 0) is 49.2 Å². The summed E-state index contributed by atoms with van der Waals surface area (Å²) in [6.45, 7) is 1.76. The zero-order valence-corrected chi connectivity index (χ0v) is 18.5. The number of nitrogens with one attached hydrogen (secondary N) is 2. The molecular formula is C22H27FN2O6S. The van der Waals surface area contributed by atoms with Crippen molar-refractivity contribution in [3.05, 3.63) is 48.3 Å². The Hall–Kier alpha value is -2.85. The van der Waals surface area contributed by atoms with Gasteiger partial charge < -0.3 is 19.5 Å². The number of unbranched alkanes of at least 4 members (excludes halogenated alkanes) is 2. The molecule has 0 saturated heterocycles. The van der Waals surface area contributed by atoms with E-state index in [1.807, 2.05) is 0 Å². The van der Waals surface area contributed by atoms with Crippen LogP contribution in [0.5, 0.6) is 17.2 Å². The van der Waals surface area contributed by atoms with Crippen molar-refractivity contribution >= 4 is 15.9 Å². The predicted molar refractivity (Wildman–Crippen MR) is 116 cm³/mol. The van der Waals surface area contributed by atoms with Gasteiger partial charge in [-0.2, -0.15) is 0 Å². The van der Waals surface area contributed by atoms with Crippen LogP contribution in [0.2, 0.25) is 0 Å². The standard InChI is InChI=1S/C22H27FN2O6S/c23-17-5-7-18(8-6-17)29-13-12-24-22(26)4-2-1-3-11-25-32(27,28)19-9-10-20-21(16-19)31-15-14-30-20/h5-10,16,25H,1-4,11-15H2,(H,24,26). The van der Waals surface area contributed by atoms with E-state index in [4.69, 9.17) is 14.2 Å². The van der Waals surface area contributed by atoms with Crippen molar-refractivity contribution < 1.29 is 31.8 Å². The third-order valence-corrected chi connectivity index (χ3v) is 6.16. The first kappa shape index (κ1) is 23.8. The summed E-state index contributed by atoms with van der Waals surface area (Å²) in [7, 11) is -3.64. The van der Waals surface area contributed by atoms with Crippen molar-refractivity contribution in [2.24, 2.45) is 0 Å². The molecule has 0 radical (unpaired) electrons. The maximum atomic E-state index is 12.8. The van der Waals surface area contributed by atoms with Crippen molar-refractivity contribution in [3.8, 4) is 17.2 Å². The third-order valence-electron chi connectivity index (χ3n) is 4.70. The number of sulfonamides is 1. The van der Waals surface area contributed by atoms with Crippen molar-refractivity contribution in [2.75, 3.05) is 32.9 Å². The molecule has 0 spiro atoms. The lowest BCUT2D eigenvalue weighted by molar-refractivity contribution is -0.121. The largest absolute Gasteiger partial charge is 0.492 e. The smallest absolute Gasteiger partial charge is 0.240 e. The van der Waals surface area contributed by atoms with Crippen LogP contribution in [0.15, 0.2) is 47.4 Å². The molecule has 0 unspecified atom stereocenters. The minimum atomic E-state index is -3.64. The first-order chi connectivity index (χ1) is 15.4. The van der Waals surface area contributed by atoms with E-state index in [-0.39, 0.29) is 23.2 Å². The number of carbonyl (C=O) groups is 1. The molecule has 1 aliphatic heterocycles. The fourth-order valence-corrected chi connectivity index (χ4v) is 4.14. The summed E-state index contributed by atoms with van der Waals surface area (Å²) < 4.78 is 56.5. The number of amides is 1. The highest BCUT2D eigenvalue weighted by Crippen LogP contribution is 2.32. The van der Waals surface area contributed by atoms with Crippen LogP contribution in [0, 0.1) is 5.82 Å². The molecule has 1 heterocycles. The minimum absolute atomic E-state index is 0.0930. The number of hydrogen-bond acceptors (Lipinski definition) is 6. The normalized spacial score (nSPS) is 12.9. The fourth-order valence-electron chi connectivity index (χ4n) is 3.05. The highest BCUT2D eigenvalue weighted by molar-refractivity contribution is 7.89. The molecule has 2 aromatic carbocycles. The Labute approximate surface area is 187 Å². The van der Waals surface area contributed by atoms with Crippen LogP contribution in [0.1, 0.15) is 25.7 Å². The second-order valence-corrected chi connectivity index (χ2v) is 8.93. The highest BCUT2D eigenvalue weighted by atomic mass is 32.2. The van der Waals surface area contributed by atoms with Crippen LogP contribution in [0.25, 0.3) is 0 Å². The Balaban J connectivity index is 1.26.